The summed E-state index contributed by atoms with van der Waals surface area (Å²) < 4.78 is 6.86. The number of aliphatic imine (C=N–C) groups is 1. The summed E-state index contributed by atoms with van der Waals surface area (Å²) in [5.74, 6) is 0.493. The van der Waals surface area contributed by atoms with E-state index in [1.165, 1.54) is 0 Å². The summed E-state index contributed by atoms with van der Waals surface area (Å²) in [4.78, 5) is 4.82. The van der Waals surface area contributed by atoms with Gasteiger partial charge >= 0.3 is 0 Å². The Bertz CT molecular complexity index is 1990. The Labute approximate surface area is 239 Å². The average Bonchev–Trinajstić information content (AvgIpc) is 3.44. The highest BCUT2D eigenvalue weighted by Crippen LogP contribution is 2.43. The van der Waals surface area contributed by atoms with E-state index in [1.807, 2.05) is 36.4 Å². The summed E-state index contributed by atoms with van der Waals surface area (Å²) in [7, 11) is 0. The molecule has 0 radical (unpaired) electrons. The maximum absolute atomic E-state index is 6.86. The fourth-order valence-electron chi connectivity index (χ4n) is 5.52. The van der Waals surface area contributed by atoms with Crippen LogP contribution in [0.5, 0.6) is 0 Å². The van der Waals surface area contributed by atoms with Crippen molar-refractivity contribution >= 4 is 27.8 Å². The number of hydrogen-bond donors (Lipinski definition) is 1. The minimum atomic E-state index is 0.493. The lowest BCUT2D eigenvalue weighted by atomic mass is 9.93. The Balaban J connectivity index is 1.54. The Kier molecular flexibility index (Phi) is 6.38. The van der Waals surface area contributed by atoms with Crippen LogP contribution in [0.25, 0.3) is 55.3 Å². The Morgan fingerprint density at radius 2 is 1.10 bits per heavy atom. The highest BCUT2D eigenvalue weighted by atomic mass is 16.3. The van der Waals surface area contributed by atoms with Gasteiger partial charge in [-0.1, -0.05) is 121 Å². The molecule has 0 spiro atoms. The second kappa shape index (κ2) is 10.6. The van der Waals surface area contributed by atoms with E-state index in [0.29, 0.717) is 12.4 Å². The van der Waals surface area contributed by atoms with Crippen molar-refractivity contribution < 1.29 is 4.42 Å². The van der Waals surface area contributed by atoms with Gasteiger partial charge in [0.15, 0.2) is 0 Å². The molecule has 3 nitrogen and oxygen atoms in total. The number of rotatable bonds is 6. The van der Waals surface area contributed by atoms with Gasteiger partial charge in [0, 0.05) is 27.5 Å². The van der Waals surface area contributed by atoms with Crippen molar-refractivity contribution in [3.05, 3.63) is 157 Å². The standard InChI is InChI=1S/C38H28N2O/c39-38(40-25-26-13-5-1-6-14-26)32-22-21-31(28-17-9-3-10-18-28)37-35(32)34-24-30(27-15-7-2-8-16-27)23-33(36(34)41-37)29-19-11-4-12-20-29/h1-24H,25H2,(H2,39,40). The Hall–Kier alpha value is -5.41. The first-order chi connectivity index (χ1) is 20.3. The van der Waals surface area contributed by atoms with E-state index in [1.54, 1.807) is 0 Å². The molecule has 0 aliphatic heterocycles. The molecule has 3 heteroatoms. The first kappa shape index (κ1) is 24.6. The lowest BCUT2D eigenvalue weighted by Gasteiger charge is -2.09. The van der Waals surface area contributed by atoms with Crippen LogP contribution in [0.4, 0.5) is 0 Å². The minimum absolute atomic E-state index is 0.493. The predicted molar refractivity (Wildman–Crippen MR) is 171 cm³/mol. The summed E-state index contributed by atoms with van der Waals surface area (Å²) in [6.45, 7) is 0.509. The average molecular weight is 529 g/mol. The van der Waals surface area contributed by atoms with E-state index in [-0.39, 0.29) is 0 Å². The van der Waals surface area contributed by atoms with E-state index in [2.05, 4.69) is 109 Å². The van der Waals surface area contributed by atoms with E-state index < -0.39 is 0 Å². The normalized spacial score (nSPS) is 11.8. The van der Waals surface area contributed by atoms with Crippen LogP contribution in [0.2, 0.25) is 0 Å². The van der Waals surface area contributed by atoms with Crippen LogP contribution >= 0.6 is 0 Å². The molecule has 0 saturated carbocycles. The first-order valence-corrected chi connectivity index (χ1v) is 13.8. The van der Waals surface area contributed by atoms with Gasteiger partial charge in [0.1, 0.15) is 17.0 Å². The molecule has 0 atom stereocenters. The van der Waals surface area contributed by atoms with Gasteiger partial charge in [-0.3, -0.25) is 4.99 Å². The molecule has 7 aromatic rings. The zero-order chi connectivity index (χ0) is 27.6. The summed E-state index contributed by atoms with van der Waals surface area (Å²) >= 11 is 0. The number of hydrogen-bond acceptors (Lipinski definition) is 2. The molecule has 0 fully saturated rings. The van der Waals surface area contributed by atoms with Crippen LogP contribution in [-0.4, -0.2) is 5.84 Å². The van der Waals surface area contributed by atoms with Gasteiger partial charge in [0.25, 0.3) is 0 Å². The number of benzene rings is 6. The number of fused-ring (bicyclic) bond motifs is 3. The molecule has 6 aromatic carbocycles. The largest absolute Gasteiger partial charge is 0.455 e. The third-order valence-corrected chi connectivity index (χ3v) is 7.55. The van der Waals surface area contributed by atoms with Crippen LogP contribution in [0.1, 0.15) is 11.1 Å². The van der Waals surface area contributed by atoms with Crippen molar-refractivity contribution in [3.63, 3.8) is 0 Å². The third-order valence-electron chi connectivity index (χ3n) is 7.55. The summed E-state index contributed by atoms with van der Waals surface area (Å²) in [5, 5.41) is 2.00. The van der Waals surface area contributed by atoms with Gasteiger partial charge in [0.2, 0.25) is 0 Å². The van der Waals surface area contributed by atoms with E-state index in [9.17, 15) is 0 Å². The Morgan fingerprint density at radius 1 is 0.537 bits per heavy atom. The van der Waals surface area contributed by atoms with Gasteiger partial charge in [-0.15, -0.1) is 0 Å². The molecule has 41 heavy (non-hydrogen) atoms. The molecule has 0 bridgehead atoms. The summed E-state index contributed by atoms with van der Waals surface area (Å²) in [5.41, 5.74) is 16.9. The van der Waals surface area contributed by atoms with E-state index in [0.717, 1.165) is 66.4 Å². The van der Waals surface area contributed by atoms with Crippen molar-refractivity contribution in [2.75, 3.05) is 0 Å². The maximum atomic E-state index is 6.86. The predicted octanol–water partition coefficient (Wildman–Crippen LogP) is 9.49. The monoisotopic (exact) mass is 528 g/mol. The van der Waals surface area contributed by atoms with Gasteiger partial charge in [-0.2, -0.15) is 0 Å². The molecule has 1 heterocycles. The minimum Gasteiger partial charge on any atom is -0.455 e. The highest BCUT2D eigenvalue weighted by Gasteiger charge is 2.21. The quantitative estimate of drug-likeness (QED) is 0.173. The number of nitrogens with two attached hydrogens (primary N) is 1. The van der Waals surface area contributed by atoms with Gasteiger partial charge in [0.05, 0.1) is 6.54 Å². The number of nitrogens with zero attached hydrogens (tertiary/aromatic N) is 1. The molecule has 0 aliphatic carbocycles. The fourth-order valence-corrected chi connectivity index (χ4v) is 5.52. The fraction of sp³-hybridized carbons (Fsp3) is 0.0263. The van der Waals surface area contributed by atoms with E-state index >= 15 is 0 Å². The molecule has 7 rings (SSSR count). The topological polar surface area (TPSA) is 51.5 Å². The van der Waals surface area contributed by atoms with Crippen molar-refractivity contribution in [2.24, 2.45) is 10.7 Å². The molecule has 0 aliphatic rings. The van der Waals surface area contributed by atoms with Gasteiger partial charge in [-0.25, -0.2) is 0 Å². The van der Waals surface area contributed by atoms with Crippen LogP contribution in [0.15, 0.2) is 155 Å². The van der Waals surface area contributed by atoms with Crippen LogP contribution in [-0.2, 0) is 6.54 Å². The van der Waals surface area contributed by atoms with Crippen molar-refractivity contribution in [1.29, 1.82) is 0 Å². The lowest BCUT2D eigenvalue weighted by Crippen LogP contribution is -2.14. The van der Waals surface area contributed by atoms with Crippen LogP contribution in [0, 0.1) is 0 Å². The smallest absolute Gasteiger partial charge is 0.144 e. The second-order valence-electron chi connectivity index (χ2n) is 10.2. The zero-order valence-corrected chi connectivity index (χ0v) is 22.5. The van der Waals surface area contributed by atoms with Gasteiger partial charge < -0.3 is 10.2 Å². The molecule has 0 saturated heterocycles. The van der Waals surface area contributed by atoms with Crippen LogP contribution in [0.3, 0.4) is 0 Å². The SMILES string of the molecule is NC(=NCc1ccccc1)c1ccc(-c2ccccc2)c2oc3c(-c4ccccc4)cc(-c4ccccc4)cc3c12. The molecule has 1 aromatic heterocycles. The second-order valence-corrected chi connectivity index (χ2v) is 10.2. The number of amidine groups is 1. The number of furan rings is 1. The molecule has 0 unspecified atom stereocenters. The van der Waals surface area contributed by atoms with Crippen LogP contribution < -0.4 is 5.73 Å². The van der Waals surface area contributed by atoms with E-state index in [4.69, 9.17) is 15.1 Å². The third kappa shape index (κ3) is 4.68. The molecular weight excluding hydrogens is 500 g/mol. The summed E-state index contributed by atoms with van der Waals surface area (Å²) in [6, 6.07) is 50.1. The maximum Gasteiger partial charge on any atom is 0.144 e. The summed E-state index contributed by atoms with van der Waals surface area (Å²) in [6.07, 6.45) is 0. The lowest BCUT2D eigenvalue weighted by molar-refractivity contribution is 0.671. The van der Waals surface area contributed by atoms with Crippen molar-refractivity contribution in [1.82, 2.24) is 0 Å². The van der Waals surface area contributed by atoms with Crippen molar-refractivity contribution in [2.45, 2.75) is 6.54 Å². The van der Waals surface area contributed by atoms with Crippen molar-refractivity contribution in [3.8, 4) is 33.4 Å². The first-order valence-electron chi connectivity index (χ1n) is 13.8. The van der Waals surface area contributed by atoms with Gasteiger partial charge in [-0.05, 0) is 52.1 Å². The molecular formula is C38H28N2O. The highest BCUT2D eigenvalue weighted by molar-refractivity contribution is 6.22. The molecule has 2 N–H and O–H groups in total. The molecule has 196 valence electrons. The zero-order valence-electron chi connectivity index (χ0n) is 22.5. The molecule has 0 amide bonds. The Morgan fingerprint density at radius 3 is 1.73 bits per heavy atom.